The standard InChI is InChI=1S/C16H19NO2/c1-10-5-11(2)16(12(3)6-10)17-8-14(9-18)15(19)7-13(17)4/h5-8,18H,9H2,1-4H3. The van der Waals surface area contributed by atoms with E-state index < -0.39 is 0 Å². The number of aliphatic hydroxyl groups is 1. The lowest BCUT2D eigenvalue weighted by Crippen LogP contribution is -2.15. The fourth-order valence-electron chi connectivity index (χ4n) is 2.59. The van der Waals surface area contributed by atoms with Gasteiger partial charge in [-0.3, -0.25) is 4.79 Å². The molecule has 0 saturated heterocycles. The topological polar surface area (TPSA) is 42.2 Å². The van der Waals surface area contributed by atoms with Gasteiger partial charge in [0.15, 0.2) is 5.43 Å². The van der Waals surface area contributed by atoms with E-state index in [1.807, 2.05) is 11.5 Å². The van der Waals surface area contributed by atoms with Crippen molar-refractivity contribution >= 4 is 0 Å². The molecule has 0 aliphatic heterocycles. The Kier molecular flexibility index (Phi) is 3.58. The number of aromatic nitrogens is 1. The van der Waals surface area contributed by atoms with Gasteiger partial charge in [-0.2, -0.15) is 0 Å². The lowest BCUT2D eigenvalue weighted by molar-refractivity contribution is 0.280. The molecular weight excluding hydrogens is 238 g/mol. The van der Waals surface area contributed by atoms with Gasteiger partial charge in [-0.25, -0.2) is 0 Å². The predicted octanol–water partition coefficient (Wildman–Crippen LogP) is 2.56. The van der Waals surface area contributed by atoms with Gasteiger partial charge in [0.05, 0.1) is 12.3 Å². The molecule has 0 radical (unpaired) electrons. The Morgan fingerprint density at radius 2 is 1.63 bits per heavy atom. The van der Waals surface area contributed by atoms with Crippen molar-refractivity contribution in [2.75, 3.05) is 0 Å². The van der Waals surface area contributed by atoms with Gasteiger partial charge in [0.1, 0.15) is 0 Å². The van der Waals surface area contributed by atoms with Crippen LogP contribution in [-0.2, 0) is 6.61 Å². The van der Waals surface area contributed by atoms with E-state index in [4.69, 9.17) is 0 Å². The van der Waals surface area contributed by atoms with Crippen LogP contribution in [0.4, 0.5) is 0 Å². The summed E-state index contributed by atoms with van der Waals surface area (Å²) in [5.74, 6) is 0. The predicted molar refractivity (Wildman–Crippen MR) is 76.9 cm³/mol. The SMILES string of the molecule is Cc1cc(C)c(-n2cc(CO)c(=O)cc2C)c(C)c1. The van der Waals surface area contributed by atoms with Crippen LogP contribution in [-0.4, -0.2) is 9.67 Å². The smallest absolute Gasteiger partial charge is 0.187 e. The average molecular weight is 257 g/mol. The summed E-state index contributed by atoms with van der Waals surface area (Å²) >= 11 is 0. The van der Waals surface area contributed by atoms with E-state index in [0.717, 1.165) is 22.5 Å². The molecule has 1 aromatic heterocycles. The van der Waals surface area contributed by atoms with Gasteiger partial charge in [0.25, 0.3) is 0 Å². The fraction of sp³-hybridized carbons (Fsp3) is 0.312. The summed E-state index contributed by atoms with van der Waals surface area (Å²) in [5.41, 5.74) is 5.81. The van der Waals surface area contributed by atoms with Gasteiger partial charge in [-0.05, 0) is 38.8 Å². The van der Waals surface area contributed by atoms with E-state index in [9.17, 15) is 9.90 Å². The van der Waals surface area contributed by atoms with Gasteiger partial charge in [0, 0.05) is 23.5 Å². The number of aryl methyl sites for hydroxylation is 4. The molecule has 0 spiro atoms. The maximum Gasteiger partial charge on any atom is 0.187 e. The zero-order valence-corrected chi connectivity index (χ0v) is 11.8. The van der Waals surface area contributed by atoms with Crippen LogP contribution in [0.15, 0.2) is 29.2 Å². The zero-order chi connectivity index (χ0) is 14.2. The number of hydrogen-bond donors (Lipinski definition) is 1. The Morgan fingerprint density at radius 3 is 2.16 bits per heavy atom. The highest BCUT2D eigenvalue weighted by atomic mass is 16.3. The first-order valence-corrected chi connectivity index (χ1v) is 6.35. The van der Waals surface area contributed by atoms with Crippen LogP contribution >= 0.6 is 0 Å². The van der Waals surface area contributed by atoms with Crippen LogP contribution in [0, 0.1) is 27.7 Å². The molecule has 0 saturated carbocycles. The minimum atomic E-state index is -0.233. The van der Waals surface area contributed by atoms with Gasteiger partial charge < -0.3 is 9.67 Å². The number of aliphatic hydroxyl groups excluding tert-OH is 1. The van der Waals surface area contributed by atoms with Crippen molar-refractivity contribution in [1.29, 1.82) is 0 Å². The molecule has 0 aliphatic rings. The molecule has 0 aliphatic carbocycles. The molecule has 0 atom stereocenters. The molecule has 2 rings (SSSR count). The monoisotopic (exact) mass is 257 g/mol. The Hall–Kier alpha value is -1.87. The maximum absolute atomic E-state index is 11.7. The summed E-state index contributed by atoms with van der Waals surface area (Å²) in [6.07, 6.45) is 1.74. The number of nitrogens with zero attached hydrogens (tertiary/aromatic N) is 1. The summed E-state index contributed by atoms with van der Waals surface area (Å²) in [6.45, 7) is 7.86. The minimum absolute atomic E-state index is 0.112. The summed E-state index contributed by atoms with van der Waals surface area (Å²) in [6, 6.07) is 5.82. The lowest BCUT2D eigenvalue weighted by Gasteiger charge is -2.18. The Labute approximate surface area is 113 Å². The molecule has 1 aromatic carbocycles. The second kappa shape index (κ2) is 5.02. The normalized spacial score (nSPS) is 10.8. The molecule has 1 N–H and O–H groups in total. The molecule has 0 amide bonds. The molecule has 0 unspecified atom stereocenters. The quantitative estimate of drug-likeness (QED) is 0.898. The second-order valence-electron chi connectivity index (χ2n) is 5.08. The van der Waals surface area contributed by atoms with Gasteiger partial charge in [-0.15, -0.1) is 0 Å². The molecule has 3 nitrogen and oxygen atoms in total. The van der Waals surface area contributed by atoms with Crippen LogP contribution in [0.25, 0.3) is 5.69 Å². The van der Waals surface area contributed by atoms with Crippen molar-refractivity contribution in [3.8, 4) is 5.69 Å². The Balaban J connectivity index is 2.76. The van der Waals surface area contributed by atoms with Gasteiger partial charge in [-0.1, -0.05) is 17.7 Å². The van der Waals surface area contributed by atoms with Crippen molar-refractivity contribution in [3.05, 3.63) is 62.6 Å². The first kappa shape index (κ1) is 13.6. The highest BCUT2D eigenvalue weighted by molar-refractivity contribution is 5.50. The van der Waals surface area contributed by atoms with Crippen molar-refractivity contribution in [3.63, 3.8) is 0 Å². The molecule has 0 fully saturated rings. The van der Waals surface area contributed by atoms with Crippen LogP contribution in [0.1, 0.15) is 27.9 Å². The zero-order valence-electron chi connectivity index (χ0n) is 11.8. The molecule has 0 bridgehead atoms. The van der Waals surface area contributed by atoms with Crippen molar-refractivity contribution < 1.29 is 5.11 Å². The molecule has 100 valence electrons. The Bertz CT molecular complexity index is 661. The van der Waals surface area contributed by atoms with E-state index in [-0.39, 0.29) is 12.0 Å². The van der Waals surface area contributed by atoms with Crippen molar-refractivity contribution in [2.45, 2.75) is 34.3 Å². The molecular formula is C16H19NO2. The van der Waals surface area contributed by atoms with E-state index in [0.29, 0.717) is 5.56 Å². The molecule has 19 heavy (non-hydrogen) atoms. The molecule has 3 heteroatoms. The Morgan fingerprint density at radius 1 is 1.05 bits per heavy atom. The third-order valence-electron chi connectivity index (χ3n) is 3.37. The van der Waals surface area contributed by atoms with Crippen molar-refractivity contribution in [2.24, 2.45) is 0 Å². The minimum Gasteiger partial charge on any atom is -0.391 e. The van der Waals surface area contributed by atoms with Crippen LogP contribution < -0.4 is 5.43 Å². The van der Waals surface area contributed by atoms with Crippen LogP contribution in [0.2, 0.25) is 0 Å². The molecule has 1 heterocycles. The van der Waals surface area contributed by atoms with E-state index in [1.54, 1.807) is 12.3 Å². The van der Waals surface area contributed by atoms with E-state index in [2.05, 4.69) is 32.9 Å². The van der Waals surface area contributed by atoms with Crippen LogP contribution in [0.5, 0.6) is 0 Å². The summed E-state index contributed by atoms with van der Waals surface area (Å²) in [7, 11) is 0. The summed E-state index contributed by atoms with van der Waals surface area (Å²) in [5, 5.41) is 9.25. The summed E-state index contributed by atoms with van der Waals surface area (Å²) < 4.78 is 1.98. The molecule has 2 aromatic rings. The van der Waals surface area contributed by atoms with E-state index in [1.165, 1.54) is 5.56 Å². The maximum atomic E-state index is 11.7. The third-order valence-corrected chi connectivity index (χ3v) is 3.37. The lowest BCUT2D eigenvalue weighted by atomic mass is 10.0. The average Bonchev–Trinajstić information content (AvgIpc) is 2.30. The highest BCUT2D eigenvalue weighted by Crippen LogP contribution is 2.22. The van der Waals surface area contributed by atoms with Gasteiger partial charge >= 0.3 is 0 Å². The van der Waals surface area contributed by atoms with Gasteiger partial charge in [0.2, 0.25) is 0 Å². The largest absolute Gasteiger partial charge is 0.391 e. The second-order valence-corrected chi connectivity index (χ2v) is 5.08. The summed E-state index contributed by atoms with van der Waals surface area (Å²) in [4.78, 5) is 11.7. The fourth-order valence-corrected chi connectivity index (χ4v) is 2.59. The first-order chi connectivity index (χ1) is 8.93. The highest BCUT2D eigenvalue weighted by Gasteiger charge is 2.10. The third kappa shape index (κ3) is 2.47. The number of pyridine rings is 1. The number of benzene rings is 1. The number of rotatable bonds is 2. The van der Waals surface area contributed by atoms with E-state index >= 15 is 0 Å². The van der Waals surface area contributed by atoms with Crippen molar-refractivity contribution in [1.82, 2.24) is 4.57 Å². The van der Waals surface area contributed by atoms with Crippen LogP contribution in [0.3, 0.4) is 0 Å². The first-order valence-electron chi connectivity index (χ1n) is 6.35. The number of hydrogen-bond acceptors (Lipinski definition) is 2.